The fourth-order valence-electron chi connectivity index (χ4n) is 3.02. The largest absolute Gasteiger partial charge is 0.336 e. The van der Waals surface area contributed by atoms with Gasteiger partial charge in [-0.1, -0.05) is 18.2 Å². The quantitative estimate of drug-likeness (QED) is 0.535. The van der Waals surface area contributed by atoms with Crippen LogP contribution in [0, 0.1) is 23.3 Å². The van der Waals surface area contributed by atoms with Crippen molar-refractivity contribution in [2.45, 2.75) is 13.1 Å². The van der Waals surface area contributed by atoms with Crippen LogP contribution in [0.3, 0.4) is 0 Å². The van der Waals surface area contributed by atoms with Gasteiger partial charge in [-0.15, -0.1) is 0 Å². The summed E-state index contributed by atoms with van der Waals surface area (Å²) in [6.07, 6.45) is 0. The third kappa shape index (κ3) is 5.29. The molecule has 166 valence electrons. The topological polar surface area (TPSA) is 53.5 Å². The Hall–Kier alpha value is -3.75. The van der Waals surface area contributed by atoms with E-state index in [1.54, 1.807) is 0 Å². The van der Waals surface area contributed by atoms with Gasteiger partial charge in [0, 0.05) is 50.4 Å². The lowest BCUT2D eigenvalue weighted by molar-refractivity contribution is 0.0770. The zero-order chi connectivity index (χ0) is 23.4. The molecule has 2 amide bonds. The molecule has 0 aliphatic rings. The molecule has 9 heteroatoms. The van der Waals surface area contributed by atoms with E-state index in [4.69, 9.17) is 0 Å². The summed E-state index contributed by atoms with van der Waals surface area (Å²) in [6.45, 7) is -0.261. The van der Waals surface area contributed by atoms with E-state index in [-0.39, 0.29) is 35.6 Å². The number of aromatic nitrogens is 1. The maximum absolute atomic E-state index is 13.9. The molecule has 0 radical (unpaired) electrons. The first-order valence-electron chi connectivity index (χ1n) is 9.51. The Morgan fingerprint density at radius 3 is 1.50 bits per heavy atom. The number of hydrogen-bond donors (Lipinski definition) is 0. The van der Waals surface area contributed by atoms with Crippen molar-refractivity contribution in [2.24, 2.45) is 0 Å². The van der Waals surface area contributed by atoms with E-state index in [1.165, 1.54) is 54.2 Å². The first-order chi connectivity index (χ1) is 15.2. The summed E-state index contributed by atoms with van der Waals surface area (Å²) in [7, 11) is 2.84. The molecule has 1 heterocycles. The molecule has 0 aliphatic carbocycles. The number of carbonyl (C=O) groups excluding carboxylic acids is 2. The van der Waals surface area contributed by atoms with Crippen LogP contribution >= 0.6 is 0 Å². The molecule has 1 aromatic heterocycles. The monoisotopic (exact) mass is 445 g/mol. The van der Waals surface area contributed by atoms with Gasteiger partial charge in [-0.2, -0.15) is 0 Å². The second-order valence-corrected chi connectivity index (χ2v) is 7.20. The molecule has 0 N–H and O–H groups in total. The average molecular weight is 445 g/mol. The fourth-order valence-corrected chi connectivity index (χ4v) is 3.02. The highest BCUT2D eigenvalue weighted by atomic mass is 19.1. The van der Waals surface area contributed by atoms with Crippen molar-refractivity contribution in [1.29, 1.82) is 0 Å². The van der Waals surface area contributed by atoms with Gasteiger partial charge in [0.25, 0.3) is 11.8 Å². The number of amides is 2. The van der Waals surface area contributed by atoms with E-state index in [1.807, 2.05) is 0 Å². The molecule has 0 saturated carbocycles. The van der Waals surface area contributed by atoms with Gasteiger partial charge in [-0.3, -0.25) is 9.59 Å². The van der Waals surface area contributed by atoms with Crippen molar-refractivity contribution in [1.82, 2.24) is 14.8 Å². The number of nitrogens with zero attached hydrogens (tertiary/aromatic N) is 3. The van der Waals surface area contributed by atoms with E-state index in [9.17, 15) is 27.2 Å². The summed E-state index contributed by atoms with van der Waals surface area (Å²) in [5, 5.41) is 0. The molecule has 3 aromatic rings. The normalized spacial score (nSPS) is 10.7. The number of carbonyl (C=O) groups is 2. The van der Waals surface area contributed by atoms with Crippen LogP contribution < -0.4 is 0 Å². The maximum Gasteiger partial charge on any atom is 0.272 e. The maximum atomic E-state index is 13.9. The standard InChI is InChI=1S/C23H19F4N3O2/c1-29(12-14-6-8-16(24)10-18(14)26)22(31)20-4-3-5-21(28-20)23(32)30(2)13-15-7-9-17(25)11-19(15)27/h3-11H,12-13H2,1-2H3. The van der Waals surface area contributed by atoms with Crippen molar-refractivity contribution < 1.29 is 27.2 Å². The number of rotatable bonds is 6. The van der Waals surface area contributed by atoms with Crippen LogP contribution in [0.4, 0.5) is 17.6 Å². The molecule has 0 aliphatic heterocycles. The second-order valence-electron chi connectivity index (χ2n) is 7.20. The highest BCUT2D eigenvalue weighted by molar-refractivity contribution is 5.96. The minimum atomic E-state index is -0.781. The van der Waals surface area contributed by atoms with Gasteiger partial charge in [0.2, 0.25) is 0 Å². The molecule has 5 nitrogen and oxygen atoms in total. The van der Waals surface area contributed by atoms with E-state index in [0.717, 1.165) is 24.3 Å². The Morgan fingerprint density at radius 2 is 1.12 bits per heavy atom. The Balaban J connectivity index is 1.73. The lowest BCUT2D eigenvalue weighted by Crippen LogP contribution is -2.30. The van der Waals surface area contributed by atoms with Gasteiger partial charge < -0.3 is 9.80 Å². The zero-order valence-electron chi connectivity index (χ0n) is 17.3. The van der Waals surface area contributed by atoms with Crippen molar-refractivity contribution in [3.63, 3.8) is 0 Å². The van der Waals surface area contributed by atoms with Crippen molar-refractivity contribution in [3.05, 3.63) is 100 Å². The van der Waals surface area contributed by atoms with Crippen molar-refractivity contribution >= 4 is 11.8 Å². The minimum absolute atomic E-state index is 0.0535. The highest BCUT2D eigenvalue weighted by Crippen LogP contribution is 2.15. The van der Waals surface area contributed by atoms with Crippen LogP contribution in [-0.4, -0.2) is 40.7 Å². The van der Waals surface area contributed by atoms with E-state index in [2.05, 4.69) is 4.98 Å². The molecular weight excluding hydrogens is 426 g/mol. The zero-order valence-corrected chi connectivity index (χ0v) is 17.3. The first kappa shape index (κ1) is 22.9. The second kappa shape index (κ2) is 9.59. The summed E-state index contributed by atoms with van der Waals surface area (Å²) in [5.74, 6) is -4.16. The van der Waals surface area contributed by atoms with Crippen molar-refractivity contribution in [3.8, 4) is 0 Å². The summed E-state index contributed by atoms with van der Waals surface area (Å²) in [4.78, 5) is 31.8. The Labute approximate surface area is 181 Å². The van der Waals surface area contributed by atoms with Crippen LogP contribution in [0.15, 0.2) is 54.6 Å². The molecule has 0 fully saturated rings. The number of pyridine rings is 1. The summed E-state index contributed by atoms with van der Waals surface area (Å²) < 4.78 is 53.9. The van der Waals surface area contributed by atoms with Gasteiger partial charge >= 0.3 is 0 Å². The molecule has 3 rings (SSSR count). The fraction of sp³-hybridized carbons (Fsp3) is 0.174. The van der Waals surface area contributed by atoms with Gasteiger partial charge in [-0.25, -0.2) is 22.5 Å². The molecular formula is C23H19F4N3O2. The Kier molecular flexibility index (Phi) is 6.87. The molecule has 0 unspecified atom stereocenters. The summed E-state index contributed by atoms with van der Waals surface area (Å²) in [6, 6.07) is 10.4. The highest BCUT2D eigenvalue weighted by Gasteiger charge is 2.20. The van der Waals surface area contributed by atoms with Gasteiger partial charge in [0.1, 0.15) is 34.7 Å². The Bertz CT molecular complexity index is 1080. The molecule has 0 bridgehead atoms. The lowest BCUT2D eigenvalue weighted by atomic mass is 10.2. The molecule has 0 spiro atoms. The third-order valence-electron chi connectivity index (χ3n) is 4.73. The van der Waals surface area contributed by atoms with Gasteiger partial charge in [0.05, 0.1) is 0 Å². The van der Waals surface area contributed by atoms with Crippen LogP contribution in [0.25, 0.3) is 0 Å². The van der Waals surface area contributed by atoms with Crippen molar-refractivity contribution in [2.75, 3.05) is 14.1 Å². The molecule has 0 atom stereocenters. The number of hydrogen-bond acceptors (Lipinski definition) is 3. The smallest absolute Gasteiger partial charge is 0.272 e. The van der Waals surface area contributed by atoms with Crippen LogP contribution in [-0.2, 0) is 13.1 Å². The first-order valence-corrected chi connectivity index (χ1v) is 9.51. The number of benzene rings is 2. The third-order valence-corrected chi connectivity index (χ3v) is 4.73. The lowest BCUT2D eigenvalue weighted by Gasteiger charge is -2.19. The van der Waals surface area contributed by atoms with Crippen LogP contribution in [0.2, 0.25) is 0 Å². The van der Waals surface area contributed by atoms with Crippen LogP contribution in [0.5, 0.6) is 0 Å². The van der Waals surface area contributed by atoms with E-state index >= 15 is 0 Å². The minimum Gasteiger partial charge on any atom is -0.336 e. The number of halogens is 4. The van der Waals surface area contributed by atoms with E-state index in [0.29, 0.717) is 0 Å². The van der Waals surface area contributed by atoms with Gasteiger partial charge in [-0.05, 0) is 24.3 Å². The Morgan fingerprint density at radius 1 is 0.719 bits per heavy atom. The SMILES string of the molecule is CN(Cc1ccc(F)cc1F)C(=O)c1cccc(C(=O)N(C)Cc2ccc(F)cc2F)n1. The molecule has 32 heavy (non-hydrogen) atoms. The summed E-state index contributed by atoms with van der Waals surface area (Å²) >= 11 is 0. The summed E-state index contributed by atoms with van der Waals surface area (Å²) in [5.41, 5.74) is 0.135. The average Bonchev–Trinajstić information content (AvgIpc) is 2.76. The predicted molar refractivity (Wildman–Crippen MR) is 109 cm³/mol. The molecule has 2 aromatic carbocycles. The van der Waals surface area contributed by atoms with Gasteiger partial charge in [0.15, 0.2) is 0 Å². The van der Waals surface area contributed by atoms with Crippen LogP contribution in [0.1, 0.15) is 32.1 Å². The predicted octanol–water partition coefficient (Wildman–Crippen LogP) is 4.18. The van der Waals surface area contributed by atoms with E-state index < -0.39 is 35.1 Å². The molecule has 0 saturated heterocycles.